The van der Waals surface area contributed by atoms with Gasteiger partial charge in [0.05, 0.1) is 11.2 Å². The van der Waals surface area contributed by atoms with Gasteiger partial charge in [0, 0.05) is 9.75 Å². The van der Waals surface area contributed by atoms with Crippen molar-refractivity contribution in [2.24, 2.45) is 0 Å². The van der Waals surface area contributed by atoms with Crippen molar-refractivity contribution in [1.29, 1.82) is 0 Å². The highest BCUT2D eigenvalue weighted by molar-refractivity contribution is 7.13. The predicted octanol–water partition coefficient (Wildman–Crippen LogP) is 3.87. The molecular formula is C15H25BO2S. The Morgan fingerprint density at radius 2 is 1.74 bits per heavy atom. The SMILES string of the molecule is CCC(C)c1cc(B2OC(C)(C)C(C)(C)O2)c(C)s1. The van der Waals surface area contributed by atoms with Crippen molar-refractivity contribution in [3.63, 3.8) is 0 Å². The highest BCUT2D eigenvalue weighted by Crippen LogP contribution is 2.37. The minimum Gasteiger partial charge on any atom is -0.399 e. The lowest BCUT2D eigenvalue weighted by atomic mass is 9.79. The predicted molar refractivity (Wildman–Crippen MR) is 83.5 cm³/mol. The molecule has 0 radical (unpaired) electrons. The molecule has 2 rings (SSSR count). The molecule has 1 aromatic heterocycles. The van der Waals surface area contributed by atoms with Crippen molar-refractivity contribution in [2.75, 3.05) is 0 Å². The molecule has 1 fully saturated rings. The summed E-state index contributed by atoms with van der Waals surface area (Å²) in [7, 11) is -0.223. The first kappa shape index (κ1) is 15.1. The molecule has 2 heterocycles. The van der Waals surface area contributed by atoms with Gasteiger partial charge < -0.3 is 9.31 Å². The Hall–Kier alpha value is -0.315. The van der Waals surface area contributed by atoms with Gasteiger partial charge in [-0.3, -0.25) is 0 Å². The summed E-state index contributed by atoms with van der Waals surface area (Å²) in [6.07, 6.45) is 1.17. The number of rotatable bonds is 3. The largest absolute Gasteiger partial charge is 0.495 e. The number of hydrogen-bond donors (Lipinski definition) is 0. The quantitative estimate of drug-likeness (QED) is 0.782. The Labute approximate surface area is 121 Å². The van der Waals surface area contributed by atoms with Crippen LogP contribution in [0.1, 0.15) is 63.6 Å². The fourth-order valence-corrected chi connectivity index (χ4v) is 3.35. The van der Waals surface area contributed by atoms with E-state index in [4.69, 9.17) is 9.31 Å². The fourth-order valence-electron chi connectivity index (χ4n) is 2.17. The summed E-state index contributed by atoms with van der Waals surface area (Å²) >= 11 is 1.87. The number of thiophene rings is 1. The summed E-state index contributed by atoms with van der Waals surface area (Å²) in [6.45, 7) is 15.1. The molecular weight excluding hydrogens is 255 g/mol. The molecule has 0 spiro atoms. The zero-order valence-corrected chi connectivity index (χ0v) is 14.0. The average molecular weight is 280 g/mol. The van der Waals surface area contributed by atoms with Crippen molar-refractivity contribution in [3.05, 3.63) is 15.8 Å². The zero-order chi connectivity index (χ0) is 14.4. The van der Waals surface area contributed by atoms with E-state index < -0.39 is 0 Å². The Morgan fingerprint density at radius 1 is 1.21 bits per heavy atom. The molecule has 1 aliphatic heterocycles. The molecule has 0 bridgehead atoms. The van der Waals surface area contributed by atoms with Gasteiger partial charge in [-0.25, -0.2) is 0 Å². The summed E-state index contributed by atoms with van der Waals surface area (Å²) in [4.78, 5) is 2.75. The van der Waals surface area contributed by atoms with E-state index in [0.29, 0.717) is 5.92 Å². The molecule has 0 aromatic carbocycles. The Kier molecular flexibility index (Phi) is 3.89. The first-order valence-corrected chi connectivity index (χ1v) is 7.95. The van der Waals surface area contributed by atoms with E-state index in [2.05, 4.69) is 54.5 Å². The molecule has 0 saturated carbocycles. The minimum atomic E-state index is -0.261. The van der Waals surface area contributed by atoms with Crippen LogP contribution in [0.15, 0.2) is 6.07 Å². The number of hydrogen-bond acceptors (Lipinski definition) is 3. The molecule has 1 aromatic rings. The van der Waals surface area contributed by atoms with E-state index >= 15 is 0 Å². The molecule has 4 heteroatoms. The normalized spacial score (nSPS) is 22.8. The van der Waals surface area contributed by atoms with Gasteiger partial charge in [-0.2, -0.15) is 0 Å². The van der Waals surface area contributed by atoms with Crippen LogP contribution in [0.4, 0.5) is 0 Å². The third kappa shape index (κ3) is 2.63. The molecule has 0 amide bonds. The maximum Gasteiger partial charge on any atom is 0.495 e. The van der Waals surface area contributed by atoms with Gasteiger partial charge in [0.15, 0.2) is 0 Å². The van der Waals surface area contributed by atoms with Crippen LogP contribution < -0.4 is 5.46 Å². The van der Waals surface area contributed by atoms with E-state index in [1.807, 2.05) is 11.3 Å². The first-order chi connectivity index (χ1) is 8.68. The molecule has 2 nitrogen and oxygen atoms in total. The van der Waals surface area contributed by atoms with E-state index in [1.54, 1.807) is 0 Å². The fraction of sp³-hybridized carbons (Fsp3) is 0.733. The summed E-state index contributed by atoms with van der Waals surface area (Å²) in [5, 5.41) is 0. The van der Waals surface area contributed by atoms with Gasteiger partial charge in [-0.1, -0.05) is 13.8 Å². The van der Waals surface area contributed by atoms with Crippen molar-refractivity contribution in [3.8, 4) is 0 Å². The zero-order valence-electron chi connectivity index (χ0n) is 13.2. The monoisotopic (exact) mass is 280 g/mol. The number of aryl methyl sites for hydroxylation is 1. The van der Waals surface area contributed by atoms with Crippen LogP contribution in [-0.4, -0.2) is 18.3 Å². The topological polar surface area (TPSA) is 18.5 Å². The van der Waals surface area contributed by atoms with E-state index in [0.717, 1.165) is 0 Å². The van der Waals surface area contributed by atoms with Crippen molar-refractivity contribution in [1.82, 2.24) is 0 Å². The summed E-state index contributed by atoms with van der Waals surface area (Å²) in [6, 6.07) is 2.27. The molecule has 0 N–H and O–H groups in total. The smallest absolute Gasteiger partial charge is 0.399 e. The maximum absolute atomic E-state index is 6.14. The van der Waals surface area contributed by atoms with Crippen LogP contribution >= 0.6 is 11.3 Å². The first-order valence-electron chi connectivity index (χ1n) is 7.14. The van der Waals surface area contributed by atoms with Gasteiger partial charge in [-0.15, -0.1) is 11.3 Å². The van der Waals surface area contributed by atoms with Crippen LogP contribution in [0, 0.1) is 6.92 Å². The third-order valence-electron chi connectivity index (χ3n) is 4.58. The van der Waals surface area contributed by atoms with Crippen LogP contribution in [-0.2, 0) is 9.31 Å². The lowest BCUT2D eigenvalue weighted by molar-refractivity contribution is 0.00578. The second kappa shape index (κ2) is 4.90. The van der Waals surface area contributed by atoms with Gasteiger partial charge in [0.25, 0.3) is 0 Å². The lowest BCUT2D eigenvalue weighted by Gasteiger charge is -2.32. The molecule has 1 aliphatic rings. The second-order valence-corrected chi connectivity index (χ2v) is 7.85. The maximum atomic E-state index is 6.14. The Morgan fingerprint density at radius 3 is 2.21 bits per heavy atom. The van der Waals surface area contributed by atoms with Gasteiger partial charge in [0.1, 0.15) is 0 Å². The van der Waals surface area contributed by atoms with Crippen LogP contribution in [0.2, 0.25) is 0 Å². The molecule has 19 heavy (non-hydrogen) atoms. The summed E-state index contributed by atoms with van der Waals surface area (Å²) in [5.74, 6) is 0.611. The average Bonchev–Trinajstić information content (AvgIpc) is 2.77. The van der Waals surface area contributed by atoms with Gasteiger partial charge in [0.2, 0.25) is 0 Å². The van der Waals surface area contributed by atoms with Crippen LogP contribution in [0.3, 0.4) is 0 Å². The van der Waals surface area contributed by atoms with E-state index in [9.17, 15) is 0 Å². The van der Waals surface area contributed by atoms with Crippen LogP contribution in [0.25, 0.3) is 0 Å². The highest BCUT2D eigenvalue weighted by atomic mass is 32.1. The Balaban J connectivity index is 2.27. The molecule has 106 valence electrons. The summed E-state index contributed by atoms with van der Waals surface area (Å²) < 4.78 is 12.3. The van der Waals surface area contributed by atoms with Gasteiger partial charge >= 0.3 is 7.12 Å². The second-order valence-electron chi connectivity index (χ2n) is 6.56. The lowest BCUT2D eigenvalue weighted by Crippen LogP contribution is -2.41. The van der Waals surface area contributed by atoms with Gasteiger partial charge in [-0.05, 0) is 58.5 Å². The minimum absolute atomic E-state index is 0.223. The molecule has 1 atom stereocenters. The van der Waals surface area contributed by atoms with E-state index in [1.165, 1.54) is 21.6 Å². The Bertz CT molecular complexity index is 449. The van der Waals surface area contributed by atoms with Crippen LogP contribution in [0.5, 0.6) is 0 Å². The van der Waals surface area contributed by atoms with Crippen molar-refractivity contribution < 1.29 is 9.31 Å². The molecule has 1 unspecified atom stereocenters. The third-order valence-corrected chi connectivity index (χ3v) is 5.88. The molecule has 1 saturated heterocycles. The van der Waals surface area contributed by atoms with E-state index in [-0.39, 0.29) is 18.3 Å². The van der Waals surface area contributed by atoms with Crippen molar-refractivity contribution in [2.45, 2.75) is 72.0 Å². The van der Waals surface area contributed by atoms with Crippen molar-refractivity contribution >= 4 is 23.9 Å². The highest BCUT2D eigenvalue weighted by Gasteiger charge is 2.52. The molecule has 0 aliphatic carbocycles. The summed E-state index contributed by atoms with van der Waals surface area (Å²) in [5.41, 5.74) is 0.685. The standard InChI is InChI=1S/C15H25BO2S/c1-8-10(2)13-9-12(11(3)19-13)16-17-14(4,5)15(6,7)18-16/h9-10H,8H2,1-7H3.